The van der Waals surface area contributed by atoms with Gasteiger partial charge in [-0.2, -0.15) is 0 Å². The summed E-state index contributed by atoms with van der Waals surface area (Å²) in [5, 5.41) is 0.349. The van der Waals surface area contributed by atoms with Gasteiger partial charge in [0.15, 0.2) is 0 Å². The van der Waals surface area contributed by atoms with E-state index in [-0.39, 0.29) is 17.6 Å². The van der Waals surface area contributed by atoms with Gasteiger partial charge in [-0.15, -0.1) is 0 Å². The van der Waals surface area contributed by atoms with E-state index < -0.39 is 0 Å². The minimum Gasteiger partial charge on any atom is -0.384 e. The van der Waals surface area contributed by atoms with E-state index in [0.29, 0.717) is 10.8 Å². The predicted octanol–water partition coefficient (Wildman–Crippen LogP) is 1.87. The zero-order valence-electron chi connectivity index (χ0n) is 12.0. The fraction of sp³-hybridized carbons (Fsp3) is 0.571. The number of carbonyl (C=O) groups is 1. The molecule has 0 aromatic carbocycles. The lowest BCUT2D eigenvalue weighted by Crippen LogP contribution is -2.45. The van der Waals surface area contributed by atoms with Crippen LogP contribution >= 0.6 is 11.6 Å². The number of carbonyl (C=O) groups excluding carboxylic acids is 1. The van der Waals surface area contributed by atoms with Crippen molar-refractivity contribution in [2.75, 3.05) is 32.4 Å². The number of hydrogen-bond acceptors (Lipinski definition) is 4. The van der Waals surface area contributed by atoms with Crippen molar-refractivity contribution in [1.29, 1.82) is 0 Å². The maximum absolute atomic E-state index is 12.5. The Balaban J connectivity index is 2.07. The largest absolute Gasteiger partial charge is 0.384 e. The van der Waals surface area contributed by atoms with Gasteiger partial charge >= 0.3 is 0 Å². The minimum atomic E-state index is -0.155. The molecule has 1 aliphatic heterocycles. The number of amides is 1. The van der Waals surface area contributed by atoms with Crippen LogP contribution in [0.5, 0.6) is 0 Å². The molecule has 2 N–H and O–H groups in total. The van der Waals surface area contributed by atoms with Gasteiger partial charge in [-0.1, -0.05) is 18.5 Å². The quantitative estimate of drug-likeness (QED) is 0.925. The Morgan fingerprint density at radius 3 is 2.75 bits per heavy atom. The second-order valence-electron chi connectivity index (χ2n) is 5.15. The topological polar surface area (TPSA) is 62.5 Å². The average molecular weight is 297 g/mol. The Hall–Kier alpha value is -1.33. The highest BCUT2D eigenvalue weighted by Gasteiger charge is 2.27. The van der Waals surface area contributed by atoms with E-state index in [1.807, 2.05) is 7.05 Å². The normalized spacial score (nSPS) is 17.1. The summed E-state index contributed by atoms with van der Waals surface area (Å²) in [5.41, 5.74) is 5.88. The Labute approximate surface area is 124 Å². The summed E-state index contributed by atoms with van der Waals surface area (Å²) in [6.07, 6.45) is 1.96. The summed E-state index contributed by atoms with van der Waals surface area (Å²) in [6, 6.07) is 3.45. The molecular weight excluding hydrogens is 276 g/mol. The number of hydrogen-bond donors (Lipinski definition) is 1. The molecule has 1 saturated heterocycles. The lowest BCUT2D eigenvalue weighted by Gasteiger charge is -2.36. The van der Waals surface area contributed by atoms with Crippen molar-refractivity contribution in [1.82, 2.24) is 14.8 Å². The third-order valence-electron chi connectivity index (χ3n) is 3.94. The molecule has 0 atom stereocenters. The van der Waals surface area contributed by atoms with E-state index >= 15 is 0 Å². The molecule has 1 aliphatic rings. The van der Waals surface area contributed by atoms with Gasteiger partial charge in [-0.25, -0.2) is 4.98 Å². The summed E-state index contributed by atoms with van der Waals surface area (Å²) in [4.78, 5) is 20.7. The number of rotatable bonds is 3. The predicted molar refractivity (Wildman–Crippen MR) is 80.9 cm³/mol. The van der Waals surface area contributed by atoms with Crippen LogP contribution in [0.25, 0.3) is 0 Å². The summed E-state index contributed by atoms with van der Waals surface area (Å²) >= 11 is 6.05. The first-order valence-electron chi connectivity index (χ1n) is 6.94. The van der Waals surface area contributed by atoms with Gasteiger partial charge in [0, 0.05) is 26.2 Å². The van der Waals surface area contributed by atoms with Crippen LogP contribution in [0.15, 0.2) is 12.1 Å². The molecule has 20 heavy (non-hydrogen) atoms. The van der Waals surface area contributed by atoms with E-state index in [2.05, 4.69) is 16.8 Å². The van der Waals surface area contributed by atoms with Crippen LogP contribution in [-0.4, -0.2) is 53.4 Å². The van der Waals surface area contributed by atoms with Crippen LogP contribution in [0.1, 0.15) is 30.3 Å². The second-order valence-corrected chi connectivity index (χ2v) is 5.56. The number of nitrogens with zero attached hydrogens (tertiary/aromatic N) is 3. The fourth-order valence-electron chi connectivity index (χ4n) is 2.56. The Bertz CT molecular complexity index is 486. The molecule has 0 spiro atoms. The van der Waals surface area contributed by atoms with Gasteiger partial charge in [0.25, 0.3) is 5.91 Å². The van der Waals surface area contributed by atoms with Crippen LogP contribution in [-0.2, 0) is 0 Å². The highest BCUT2D eigenvalue weighted by atomic mass is 35.5. The maximum atomic E-state index is 12.5. The number of likely N-dealkylation sites (tertiary alicyclic amines) is 1. The molecule has 0 unspecified atom stereocenters. The molecule has 5 nitrogen and oxygen atoms in total. The van der Waals surface area contributed by atoms with Gasteiger partial charge in [-0.05, 0) is 31.5 Å². The molecular formula is C14H21ClN4O. The first-order valence-corrected chi connectivity index (χ1v) is 7.32. The summed E-state index contributed by atoms with van der Waals surface area (Å²) in [5.74, 6) is 0.157. The van der Waals surface area contributed by atoms with Gasteiger partial charge < -0.3 is 15.5 Å². The van der Waals surface area contributed by atoms with Crippen LogP contribution < -0.4 is 5.73 Å². The van der Waals surface area contributed by atoms with Gasteiger partial charge in [-0.3, -0.25) is 4.79 Å². The number of nitrogens with two attached hydrogens (primary N) is 1. The third kappa shape index (κ3) is 3.22. The zero-order chi connectivity index (χ0) is 14.7. The van der Waals surface area contributed by atoms with E-state index in [1.54, 1.807) is 17.0 Å². The number of nitrogen functional groups attached to an aromatic ring is 1. The first-order chi connectivity index (χ1) is 9.52. The van der Waals surface area contributed by atoms with Crippen molar-refractivity contribution in [3.63, 3.8) is 0 Å². The Morgan fingerprint density at radius 1 is 1.50 bits per heavy atom. The van der Waals surface area contributed by atoms with Crippen LogP contribution in [0.2, 0.25) is 5.02 Å². The van der Waals surface area contributed by atoms with Crippen molar-refractivity contribution < 1.29 is 4.79 Å². The highest BCUT2D eigenvalue weighted by molar-refractivity contribution is 6.33. The van der Waals surface area contributed by atoms with Crippen LogP contribution in [0.3, 0.4) is 0 Å². The average Bonchev–Trinajstić information content (AvgIpc) is 2.48. The van der Waals surface area contributed by atoms with Crippen molar-refractivity contribution >= 4 is 23.3 Å². The lowest BCUT2D eigenvalue weighted by molar-refractivity contribution is 0.0641. The molecule has 110 valence electrons. The molecule has 6 heteroatoms. The van der Waals surface area contributed by atoms with E-state index in [0.717, 1.165) is 32.5 Å². The minimum absolute atomic E-state index is 0.155. The molecule has 1 amide bonds. The fourth-order valence-corrected chi connectivity index (χ4v) is 2.75. The molecule has 1 aromatic heterocycles. The number of halogens is 1. The number of anilines is 1. The number of pyridine rings is 1. The maximum Gasteiger partial charge on any atom is 0.274 e. The molecule has 2 rings (SSSR count). The third-order valence-corrected chi connectivity index (χ3v) is 4.25. The SMILES string of the molecule is CCN1CCC(N(C)C(=O)c2nc(N)ccc2Cl)CC1. The summed E-state index contributed by atoms with van der Waals surface area (Å²) in [6.45, 7) is 5.27. The van der Waals surface area contributed by atoms with Crippen molar-refractivity contribution in [2.24, 2.45) is 0 Å². The molecule has 0 radical (unpaired) electrons. The van der Waals surface area contributed by atoms with Gasteiger partial charge in [0.2, 0.25) is 0 Å². The number of piperidine rings is 1. The van der Waals surface area contributed by atoms with Crippen molar-refractivity contribution in [2.45, 2.75) is 25.8 Å². The molecule has 0 saturated carbocycles. The second kappa shape index (κ2) is 6.41. The Kier molecular flexibility index (Phi) is 4.83. The number of aromatic nitrogens is 1. The van der Waals surface area contributed by atoms with Crippen LogP contribution in [0, 0.1) is 0 Å². The van der Waals surface area contributed by atoms with E-state index in [4.69, 9.17) is 17.3 Å². The summed E-state index contributed by atoms with van der Waals surface area (Å²) in [7, 11) is 1.82. The van der Waals surface area contributed by atoms with Gasteiger partial charge in [0.1, 0.15) is 11.5 Å². The lowest BCUT2D eigenvalue weighted by atomic mass is 10.0. The summed E-state index contributed by atoms with van der Waals surface area (Å²) < 4.78 is 0. The van der Waals surface area contributed by atoms with Crippen molar-refractivity contribution in [3.05, 3.63) is 22.8 Å². The standard InChI is InChI=1S/C14H21ClN4O/c1-3-19-8-6-10(7-9-19)18(2)14(20)13-11(15)4-5-12(16)17-13/h4-5,10H,3,6-9H2,1-2H3,(H2,16,17). The van der Waals surface area contributed by atoms with E-state index in [9.17, 15) is 4.79 Å². The first kappa shape index (κ1) is 15.1. The molecule has 1 aromatic rings. The molecule has 0 aliphatic carbocycles. The van der Waals surface area contributed by atoms with Crippen LogP contribution in [0.4, 0.5) is 5.82 Å². The monoisotopic (exact) mass is 296 g/mol. The molecule has 1 fully saturated rings. The van der Waals surface area contributed by atoms with Crippen molar-refractivity contribution in [3.8, 4) is 0 Å². The van der Waals surface area contributed by atoms with E-state index in [1.165, 1.54) is 0 Å². The van der Waals surface area contributed by atoms with Gasteiger partial charge in [0.05, 0.1) is 5.02 Å². The highest BCUT2D eigenvalue weighted by Crippen LogP contribution is 2.21. The Morgan fingerprint density at radius 2 is 2.15 bits per heavy atom. The smallest absolute Gasteiger partial charge is 0.274 e. The molecule has 2 heterocycles. The molecule has 0 bridgehead atoms. The zero-order valence-corrected chi connectivity index (χ0v) is 12.7.